The van der Waals surface area contributed by atoms with Gasteiger partial charge in [-0.1, -0.05) is 23.7 Å². The van der Waals surface area contributed by atoms with Crippen molar-refractivity contribution in [1.82, 2.24) is 15.5 Å². The molecule has 2 fully saturated rings. The zero-order valence-electron chi connectivity index (χ0n) is 27.4. The van der Waals surface area contributed by atoms with Gasteiger partial charge in [0, 0.05) is 54.3 Å². The van der Waals surface area contributed by atoms with Crippen molar-refractivity contribution in [2.24, 2.45) is 5.89 Å². The highest BCUT2D eigenvalue weighted by molar-refractivity contribution is 6.34. The lowest BCUT2D eigenvalue weighted by molar-refractivity contribution is 0.206. The van der Waals surface area contributed by atoms with Gasteiger partial charge in [0.05, 0.1) is 12.1 Å². The van der Waals surface area contributed by atoms with Crippen molar-refractivity contribution >= 4 is 23.3 Å². The molecule has 1 aromatic rings. The molecule has 1 aliphatic heterocycles. The normalized spacial score (nSPS) is 43.9. The van der Waals surface area contributed by atoms with Gasteiger partial charge in [-0.05, 0) is 62.9 Å². The number of urea groups is 1. The summed E-state index contributed by atoms with van der Waals surface area (Å²) in [5, 5.41) is 4.27. The number of carbonyl (C=O) groups is 1. The van der Waals surface area contributed by atoms with E-state index >= 15 is 0 Å². The number of halogens is 1. The summed E-state index contributed by atoms with van der Waals surface area (Å²) in [7, 11) is 1.09. The quantitative estimate of drug-likeness (QED) is 0.787. The van der Waals surface area contributed by atoms with Crippen LogP contribution in [0, 0.1) is 12.8 Å². The van der Waals surface area contributed by atoms with Crippen LogP contribution in [-0.2, 0) is 0 Å². The van der Waals surface area contributed by atoms with E-state index in [1.54, 1.807) is 10.2 Å². The summed E-state index contributed by atoms with van der Waals surface area (Å²) in [6.07, 6.45) is -18.2. The average molecular weight is 405 g/mol. The molecule has 0 spiro atoms. The van der Waals surface area contributed by atoms with Crippen LogP contribution in [-0.4, -0.2) is 56.7 Å². The van der Waals surface area contributed by atoms with Crippen molar-refractivity contribution in [1.29, 1.82) is 0 Å². The maximum Gasteiger partial charge on any atom is 0.314 e. The SMILES string of the molecule is [2H]C([2H])(CN1CCN(c2cccc(C)c2Cl)CC1)C1([2H])C([2H])([2H])C([2H])([2H])C([2H])(NC(=O)NC)C([2H])([2H])C1([2H])[2H]. The number of hydrogen-bond acceptors (Lipinski definition) is 3. The van der Waals surface area contributed by atoms with Crippen LogP contribution in [0.15, 0.2) is 18.2 Å². The summed E-state index contributed by atoms with van der Waals surface area (Å²) in [4.78, 5) is 15.5. The molecule has 1 saturated carbocycles. The molecule has 0 atom stereocenters. The molecule has 6 heteroatoms. The third-order valence-corrected chi connectivity index (χ3v) is 4.95. The van der Waals surface area contributed by atoms with Crippen LogP contribution in [0.25, 0.3) is 0 Å². The second-order valence-corrected chi connectivity index (χ2v) is 6.68. The van der Waals surface area contributed by atoms with Gasteiger partial charge in [0.25, 0.3) is 0 Å². The van der Waals surface area contributed by atoms with E-state index in [0.29, 0.717) is 18.1 Å². The van der Waals surface area contributed by atoms with Crippen LogP contribution < -0.4 is 15.5 Å². The first-order valence-corrected chi connectivity index (χ1v) is 9.17. The average Bonchev–Trinajstić information content (AvgIpc) is 2.84. The summed E-state index contributed by atoms with van der Waals surface area (Å²) in [6, 6.07) is 0.733. The van der Waals surface area contributed by atoms with Crippen molar-refractivity contribution in [3.63, 3.8) is 0 Å². The van der Waals surface area contributed by atoms with Crippen LogP contribution in [0.4, 0.5) is 10.5 Å². The molecule has 150 valence electrons. The Labute approximate surface area is 185 Å². The molecule has 0 radical (unpaired) electrons. The second-order valence-electron chi connectivity index (χ2n) is 6.30. The third-order valence-electron chi connectivity index (χ3n) is 4.45. The van der Waals surface area contributed by atoms with Gasteiger partial charge in [0.1, 0.15) is 0 Å². The smallest absolute Gasteiger partial charge is 0.314 e. The van der Waals surface area contributed by atoms with Crippen molar-refractivity contribution in [3.05, 3.63) is 28.8 Å². The van der Waals surface area contributed by atoms with Crippen LogP contribution in [0.3, 0.4) is 0 Å². The molecule has 1 saturated heterocycles. The Balaban J connectivity index is 1.97. The van der Waals surface area contributed by atoms with E-state index in [4.69, 9.17) is 28.1 Å². The van der Waals surface area contributed by atoms with E-state index in [-0.39, 0.29) is 13.1 Å². The molecule has 2 aliphatic rings. The van der Waals surface area contributed by atoms with Gasteiger partial charge in [-0.25, -0.2) is 4.79 Å². The van der Waals surface area contributed by atoms with E-state index < -0.39 is 56.4 Å². The zero-order chi connectivity index (χ0) is 30.0. The monoisotopic (exact) mass is 404 g/mol. The summed E-state index contributed by atoms with van der Waals surface area (Å²) < 4.78 is 103. The Morgan fingerprint density at radius 1 is 1.30 bits per heavy atom. The predicted octanol–water partition coefficient (Wildman–Crippen LogP) is 3.65. The molecule has 1 aromatic carbocycles. The topological polar surface area (TPSA) is 47.6 Å². The van der Waals surface area contributed by atoms with E-state index in [1.165, 1.54) is 0 Å². The number of rotatable bonds is 5. The Bertz CT molecular complexity index is 1080. The molecule has 1 aliphatic carbocycles. The van der Waals surface area contributed by atoms with Gasteiger partial charge in [-0.15, -0.1) is 0 Å². The summed E-state index contributed by atoms with van der Waals surface area (Å²) in [5.41, 5.74) is 1.67. The van der Waals surface area contributed by atoms with Crippen LogP contribution in [0.1, 0.15) is 53.9 Å². The minimum Gasteiger partial charge on any atom is -0.368 e. The van der Waals surface area contributed by atoms with Gasteiger partial charge < -0.3 is 15.5 Å². The number of benzene rings is 1. The highest BCUT2D eigenvalue weighted by Gasteiger charge is 2.24. The first-order valence-electron chi connectivity index (χ1n) is 14.8. The lowest BCUT2D eigenvalue weighted by atomic mass is 9.84. The predicted molar refractivity (Wildman–Crippen MR) is 113 cm³/mol. The Hall–Kier alpha value is -1.46. The van der Waals surface area contributed by atoms with Gasteiger partial charge >= 0.3 is 6.03 Å². The van der Waals surface area contributed by atoms with Crippen LogP contribution in [0.2, 0.25) is 5.02 Å². The standard InChI is InChI=1S/C21H33ClN4O/c1-16-4-3-5-19(20(16)22)26-14-12-25(13-15-26)11-10-17-6-8-18(9-7-17)24-21(27)23-2/h3-5,17-18H,6-15H2,1-2H3,(H2,23,24,27)/i6D2,7D2,8D2,9D2,10D2,17D,18D. The van der Waals surface area contributed by atoms with Crippen molar-refractivity contribution < 1.29 is 21.2 Å². The molecule has 27 heavy (non-hydrogen) atoms. The number of anilines is 1. The van der Waals surface area contributed by atoms with Gasteiger partial charge in [-0.3, -0.25) is 4.90 Å². The van der Waals surface area contributed by atoms with Crippen molar-refractivity contribution in [3.8, 4) is 0 Å². The van der Waals surface area contributed by atoms with E-state index in [0.717, 1.165) is 18.3 Å². The fourth-order valence-electron chi connectivity index (χ4n) is 2.85. The highest BCUT2D eigenvalue weighted by Crippen LogP contribution is 2.30. The summed E-state index contributed by atoms with van der Waals surface area (Å²) >= 11 is 6.43. The van der Waals surface area contributed by atoms with Crippen molar-refractivity contribution in [2.75, 3.05) is 44.7 Å². The third kappa shape index (κ3) is 5.52. The second kappa shape index (κ2) is 9.65. The number of piperazine rings is 1. The van der Waals surface area contributed by atoms with E-state index in [1.807, 2.05) is 35.3 Å². The molecule has 0 bridgehead atoms. The highest BCUT2D eigenvalue weighted by atomic mass is 35.5. The van der Waals surface area contributed by atoms with Crippen LogP contribution in [0.5, 0.6) is 0 Å². The van der Waals surface area contributed by atoms with E-state index in [9.17, 15) is 4.79 Å². The molecule has 0 aromatic heterocycles. The minimum absolute atomic E-state index is 0.228. The first kappa shape index (κ1) is 9.84. The summed E-state index contributed by atoms with van der Waals surface area (Å²) in [5.74, 6) is -3.69. The largest absolute Gasteiger partial charge is 0.368 e. The molecular formula is C21H33ClN4O. The number of nitrogens with one attached hydrogen (secondary N) is 2. The maximum atomic E-state index is 12.0. The van der Waals surface area contributed by atoms with Crippen molar-refractivity contribution in [2.45, 2.75) is 44.8 Å². The van der Waals surface area contributed by atoms with Gasteiger partial charge in [0.2, 0.25) is 0 Å². The molecule has 3 rings (SSSR count). The van der Waals surface area contributed by atoms with Crippen LogP contribution >= 0.6 is 11.6 Å². The molecule has 1 heterocycles. The molecular weight excluding hydrogens is 360 g/mol. The lowest BCUT2D eigenvalue weighted by Gasteiger charge is -2.37. The Morgan fingerprint density at radius 3 is 2.67 bits per heavy atom. The van der Waals surface area contributed by atoms with E-state index in [2.05, 4.69) is 0 Å². The number of amides is 2. The lowest BCUT2D eigenvalue weighted by Crippen LogP contribution is -2.47. The number of aryl methyl sites for hydroxylation is 1. The fourth-order valence-corrected chi connectivity index (χ4v) is 3.10. The Morgan fingerprint density at radius 2 is 2.00 bits per heavy atom. The van der Waals surface area contributed by atoms with Gasteiger partial charge in [0.15, 0.2) is 0 Å². The first-order chi connectivity index (χ1) is 17.6. The zero-order valence-corrected chi connectivity index (χ0v) is 16.2. The number of hydrogen-bond donors (Lipinski definition) is 2. The maximum absolute atomic E-state index is 12.0. The molecule has 2 N–H and O–H groups in total. The molecule has 2 amide bonds. The molecule has 5 nitrogen and oxygen atoms in total. The number of carbonyl (C=O) groups excluding carboxylic acids is 1. The Kier molecular flexibility index (Phi) is 3.52. The summed E-state index contributed by atoms with van der Waals surface area (Å²) in [6.45, 7) is 2.39. The fraction of sp³-hybridized carbons (Fsp3) is 0.667. The number of nitrogens with zero attached hydrogens (tertiary/aromatic N) is 2. The minimum atomic E-state index is -3.79. The molecule has 0 unspecified atom stereocenters. The van der Waals surface area contributed by atoms with Gasteiger partial charge in [-0.2, -0.15) is 0 Å².